The van der Waals surface area contributed by atoms with E-state index in [2.05, 4.69) is 27.3 Å². The first kappa shape index (κ1) is 28.8. The van der Waals surface area contributed by atoms with Crippen LogP contribution in [0.1, 0.15) is 22.5 Å². The molecule has 0 radical (unpaired) electrons. The summed E-state index contributed by atoms with van der Waals surface area (Å²) in [6, 6.07) is 23.2. The molecule has 1 fully saturated rings. The van der Waals surface area contributed by atoms with E-state index in [1.54, 1.807) is 24.7 Å². The number of rotatable bonds is 9. The molecular formula is C33H33Cl2N5O2. The lowest BCUT2D eigenvalue weighted by atomic mass is 9.82. The van der Waals surface area contributed by atoms with Gasteiger partial charge in [0.2, 0.25) is 0 Å². The predicted molar refractivity (Wildman–Crippen MR) is 168 cm³/mol. The Bertz CT molecular complexity index is 1680. The van der Waals surface area contributed by atoms with Gasteiger partial charge in [0.1, 0.15) is 0 Å². The standard InChI is InChI=1S/C33H33Cl2N5O2/c1-39-22-37-21-32(39)33(41,24-5-8-26(34)9-6-24)25-7-10-31-30(18-25)29(23-3-2-4-27(35)17-23)19-28(38-31)20-36-11-12-40-13-15-42-16-14-40/h2-10,17-19,21-22,36,41H,11-16,20H2,1H3. The molecule has 2 N–H and O–H groups in total. The number of nitrogens with zero attached hydrogens (tertiary/aromatic N) is 4. The summed E-state index contributed by atoms with van der Waals surface area (Å²) >= 11 is 12.7. The number of imidazole rings is 1. The monoisotopic (exact) mass is 601 g/mol. The first-order valence-electron chi connectivity index (χ1n) is 14.1. The third kappa shape index (κ3) is 5.95. The van der Waals surface area contributed by atoms with Crippen molar-refractivity contribution in [2.75, 3.05) is 39.4 Å². The van der Waals surface area contributed by atoms with Crippen LogP contribution in [-0.2, 0) is 23.9 Å². The topological polar surface area (TPSA) is 75.4 Å². The minimum absolute atomic E-state index is 0.600. The fourth-order valence-electron chi connectivity index (χ4n) is 5.63. The lowest BCUT2D eigenvalue weighted by molar-refractivity contribution is 0.0384. The van der Waals surface area contributed by atoms with Gasteiger partial charge in [0, 0.05) is 55.2 Å². The Balaban J connectivity index is 1.41. The quantitative estimate of drug-likeness (QED) is 0.213. The van der Waals surface area contributed by atoms with Crippen molar-refractivity contribution < 1.29 is 9.84 Å². The van der Waals surface area contributed by atoms with Crippen LogP contribution in [0.4, 0.5) is 0 Å². The molecule has 9 heteroatoms. The number of benzene rings is 3. The molecule has 42 heavy (non-hydrogen) atoms. The van der Waals surface area contributed by atoms with Gasteiger partial charge in [-0.1, -0.05) is 53.5 Å². The molecule has 1 aliphatic rings. The second-order valence-corrected chi connectivity index (χ2v) is 11.5. The molecule has 216 valence electrons. The molecule has 5 aromatic rings. The van der Waals surface area contributed by atoms with Crippen LogP contribution < -0.4 is 5.32 Å². The maximum atomic E-state index is 12.5. The van der Waals surface area contributed by atoms with E-state index in [0.29, 0.717) is 33.4 Å². The van der Waals surface area contributed by atoms with Crippen LogP contribution in [0.25, 0.3) is 22.0 Å². The van der Waals surface area contributed by atoms with Gasteiger partial charge in [0.15, 0.2) is 5.60 Å². The van der Waals surface area contributed by atoms with Crippen molar-refractivity contribution in [2.45, 2.75) is 12.1 Å². The molecule has 3 heterocycles. The van der Waals surface area contributed by atoms with Crippen LogP contribution >= 0.6 is 23.2 Å². The summed E-state index contributed by atoms with van der Waals surface area (Å²) in [5.41, 5.74) is 4.31. The predicted octanol–water partition coefficient (Wildman–Crippen LogP) is 5.65. The maximum absolute atomic E-state index is 12.5. The average Bonchev–Trinajstić information content (AvgIpc) is 3.45. The third-order valence-electron chi connectivity index (χ3n) is 7.88. The van der Waals surface area contributed by atoms with Crippen LogP contribution in [-0.4, -0.2) is 63.9 Å². The van der Waals surface area contributed by atoms with Crippen molar-refractivity contribution in [1.82, 2.24) is 24.8 Å². The summed E-state index contributed by atoms with van der Waals surface area (Å²) in [5.74, 6) is 0. The molecule has 0 amide bonds. The van der Waals surface area contributed by atoms with Gasteiger partial charge in [-0.05, 0) is 64.7 Å². The number of hydrogen-bond donors (Lipinski definition) is 2. The molecule has 0 saturated carbocycles. The molecule has 1 aliphatic heterocycles. The van der Waals surface area contributed by atoms with E-state index >= 15 is 0 Å². The summed E-state index contributed by atoms with van der Waals surface area (Å²) in [7, 11) is 1.88. The van der Waals surface area contributed by atoms with Crippen LogP contribution in [0.2, 0.25) is 10.0 Å². The van der Waals surface area contributed by atoms with Gasteiger partial charge in [-0.25, -0.2) is 4.98 Å². The SMILES string of the molecule is Cn1cncc1C(O)(c1ccc(Cl)cc1)c1ccc2nc(CNCCN3CCOCC3)cc(-c3cccc(Cl)c3)c2c1. The fourth-order valence-corrected chi connectivity index (χ4v) is 5.95. The van der Waals surface area contributed by atoms with Crippen LogP contribution in [0.15, 0.2) is 85.3 Å². The number of halogens is 2. The normalized spacial score (nSPS) is 15.6. The number of aliphatic hydroxyl groups is 1. The Morgan fingerprint density at radius 3 is 2.48 bits per heavy atom. The zero-order valence-electron chi connectivity index (χ0n) is 23.4. The second kappa shape index (κ2) is 12.5. The van der Waals surface area contributed by atoms with E-state index in [1.165, 1.54) is 0 Å². The van der Waals surface area contributed by atoms with Crippen molar-refractivity contribution in [1.29, 1.82) is 0 Å². The Labute approximate surface area is 255 Å². The van der Waals surface area contributed by atoms with Gasteiger partial charge >= 0.3 is 0 Å². The van der Waals surface area contributed by atoms with Crippen molar-refractivity contribution in [3.05, 3.63) is 118 Å². The minimum atomic E-state index is -1.48. The number of fused-ring (bicyclic) bond motifs is 1. The maximum Gasteiger partial charge on any atom is 0.156 e. The summed E-state index contributed by atoms with van der Waals surface area (Å²) in [4.78, 5) is 11.7. The smallest absolute Gasteiger partial charge is 0.156 e. The van der Waals surface area contributed by atoms with E-state index < -0.39 is 5.60 Å². The number of aryl methyl sites for hydroxylation is 1. The summed E-state index contributed by atoms with van der Waals surface area (Å²) in [6.45, 7) is 6.01. The number of aromatic nitrogens is 3. The van der Waals surface area contributed by atoms with Gasteiger partial charge in [-0.2, -0.15) is 0 Å². The number of ether oxygens (including phenoxy) is 1. The Hall–Kier alpha value is -3.30. The van der Waals surface area contributed by atoms with Crippen molar-refractivity contribution in [3.63, 3.8) is 0 Å². The molecule has 7 nitrogen and oxygen atoms in total. The van der Waals surface area contributed by atoms with Gasteiger partial charge in [-0.3, -0.25) is 9.88 Å². The second-order valence-electron chi connectivity index (χ2n) is 10.6. The summed E-state index contributed by atoms with van der Waals surface area (Å²) in [6.07, 6.45) is 3.38. The zero-order chi connectivity index (χ0) is 29.1. The van der Waals surface area contributed by atoms with E-state index in [9.17, 15) is 5.11 Å². The Kier molecular flexibility index (Phi) is 8.58. The molecule has 0 spiro atoms. The fraction of sp³-hybridized carbons (Fsp3) is 0.273. The summed E-state index contributed by atoms with van der Waals surface area (Å²) < 4.78 is 7.29. The molecule has 0 aliphatic carbocycles. The van der Waals surface area contributed by atoms with Crippen LogP contribution in [0, 0.1) is 0 Å². The van der Waals surface area contributed by atoms with Gasteiger partial charge in [-0.15, -0.1) is 0 Å². The van der Waals surface area contributed by atoms with E-state index in [-0.39, 0.29) is 0 Å². The first-order chi connectivity index (χ1) is 20.4. The molecule has 3 aromatic carbocycles. The molecule has 1 atom stereocenters. The Morgan fingerprint density at radius 1 is 0.952 bits per heavy atom. The van der Waals surface area contributed by atoms with Crippen LogP contribution in [0.3, 0.4) is 0 Å². The highest BCUT2D eigenvalue weighted by Crippen LogP contribution is 2.40. The van der Waals surface area contributed by atoms with Crippen LogP contribution in [0.5, 0.6) is 0 Å². The highest BCUT2D eigenvalue weighted by molar-refractivity contribution is 6.31. The lowest BCUT2D eigenvalue weighted by Crippen LogP contribution is -2.40. The minimum Gasteiger partial charge on any atom is -0.379 e. The lowest BCUT2D eigenvalue weighted by Gasteiger charge is -2.30. The van der Waals surface area contributed by atoms with Gasteiger partial charge in [0.25, 0.3) is 0 Å². The average molecular weight is 603 g/mol. The van der Waals surface area contributed by atoms with Crippen molar-refractivity contribution in [2.24, 2.45) is 7.05 Å². The molecule has 1 saturated heterocycles. The molecular weight excluding hydrogens is 569 g/mol. The summed E-state index contributed by atoms with van der Waals surface area (Å²) in [5, 5.41) is 18.2. The Morgan fingerprint density at radius 2 is 1.74 bits per heavy atom. The number of morpholine rings is 1. The molecule has 0 bridgehead atoms. The number of pyridine rings is 1. The number of hydrogen-bond acceptors (Lipinski definition) is 6. The number of nitrogens with one attached hydrogen (secondary N) is 1. The largest absolute Gasteiger partial charge is 0.379 e. The molecule has 2 aromatic heterocycles. The van der Waals surface area contributed by atoms with E-state index in [0.717, 1.165) is 67.1 Å². The zero-order valence-corrected chi connectivity index (χ0v) is 24.9. The van der Waals surface area contributed by atoms with E-state index in [4.69, 9.17) is 32.9 Å². The first-order valence-corrected chi connectivity index (χ1v) is 14.8. The van der Waals surface area contributed by atoms with Crippen molar-refractivity contribution in [3.8, 4) is 11.1 Å². The highest BCUT2D eigenvalue weighted by atomic mass is 35.5. The highest BCUT2D eigenvalue weighted by Gasteiger charge is 2.37. The molecule has 1 unspecified atom stereocenters. The van der Waals surface area contributed by atoms with Gasteiger partial charge in [0.05, 0.1) is 42.6 Å². The molecule has 6 rings (SSSR count). The van der Waals surface area contributed by atoms with E-state index in [1.807, 2.05) is 60.1 Å². The third-order valence-corrected chi connectivity index (χ3v) is 8.37. The van der Waals surface area contributed by atoms with Crippen molar-refractivity contribution >= 4 is 34.1 Å². The van der Waals surface area contributed by atoms with Gasteiger partial charge < -0.3 is 19.7 Å².